The maximum absolute atomic E-state index is 12.4. The number of likely N-dealkylation sites (N-methyl/N-ethyl adjacent to an activating group) is 1. The summed E-state index contributed by atoms with van der Waals surface area (Å²) in [4.78, 5) is 12.6. The fraction of sp³-hybridized carbons (Fsp3) is 0.636. The summed E-state index contributed by atoms with van der Waals surface area (Å²) in [6.45, 7) is 0.560. The van der Waals surface area contributed by atoms with Gasteiger partial charge in [0, 0.05) is 25.3 Å². The summed E-state index contributed by atoms with van der Waals surface area (Å²) in [5.74, 6) is -1.06. The molecule has 1 aliphatic rings. The molecule has 1 unspecified atom stereocenters. The number of rotatable bonds is 5. The lowest BCUT2D eigenvalue weighted by atomic mass is 10.2. The Morgan fingerprint density at radius 3 is 2.80 bits per heavy atom. The van der Waals surface area contributed by atoms with Gasteiger partial charge in [-0.1, -0.05) is 0 Å². The van der Waals surface area contributed by atoms with E-state index >= 15 is 0 Å². The SMILES string of the molecule is CN(C)C1CCN(S(=O)(=O)c2cnn(CC(=O)O)c2)C1. The quantitative estimate of drug-likeness (QED) is 0.772. The first kappa shape index (κ1) is 14.9. The Kier molecular flexibility index (Phi) is 4.11. The highest BCUT2D eigenvalue weighted by atomic mass is 32.2. The molecule has 2 rings (SSSR count). The van der Waals surface area contributed by atoms with E-state index in [-0.39, 0.29) is 17.5 Å². The van der Waals surface area contributed by atoms with Crippen LogP contribution in [-0.2, 0) is 21.4 Å². The van der Waals surface area contributed by atoms with Gasteiger partial charge < -0.3 is 10.0 Å². The Balaban J connectivity index is 2.15. The highest BCUT2D eigenvalue weighted by Crippen LogP contribution is 2.22. The second-order valence-electron chi connectivity index (χ2n) is 5.04. The monoisotopic (exact) mass is 302 g/mol. The third-order valence-corrected chi connectivity index (χ3v) is 5.22. The third kappa shape index (κ3) is 3.00. The summed E-state index contributed by atoms with van der Waals surface area (Å²) >= 11 is 0. The maximum Gasteiger partial charge on any atom is 0.325 e. The number of sulfonamides is 1. The van der Waals surface area contributed by atoms with Crippen LogP contribution in [0.15, 0.2) is 17.3 Å². The predicted octanol–water partition coefficient (Wildman–Crippen LogP) is -0.708. The number of aliphatic carboxylic acids is 1. The van der Waals surface area contributed by atoms with Crippen molar-refractivity contribution in [3.8, 4) is 0 Å². The van der Waals surface area contributed by atoms with Gasteiger partial charge in [0.1, 0.15) is 11.4 Å². The van der Waals surface area contributed by atoms with Crippen molar-refractivity contribution in [2.45, 2.75) is 23.9 Å². The summed E-state index contributed by atoms with van der Waals surface area (Å²) < 4.78 is 27.3. The van der Waals surface area contributed by atoms with Crippen LogP contribution in [-0.4, -0.2) is 71.7 Å². The van der Waals surface area contributed by atoms with Crippen LogP contribution in [0.25, 0.3) is 0 Å². The van der Waals surface area contributed by atoms with Crippen LogP contribution in [0.5, 0.6) is 0 Å². The molecule has 1 aromatic heterocycles. The average molecular weight is 302 g/mol. The van der Waals surface area contributed by atoms with Gasteiger partial charge in [-0.15, -0.1) is 0 Å². The summed E-state index contributed by atoms with van der Waals surface area (Å²) in [5.41, 5.74) is 0. The minimum Gasteiger partial charge on any atom is -0.480 e. The number of carbonyl (C=O) groups is 1. The van der Waals surface area contributed by atoms with Crippen molar-refractivity contribution in [3.63, 3.8) is 0 Å². The molecular formula is C11H18N4O4S. The Morgan fingerprint density at radius 2 is 2.25 bits per heavy atom. The smallest absolute Gasteiger partial charge is 0.325 e. The van der Waals surface area contributed by atoms with Gasteiger partial charge in [0.2, 0.25) is 10.0 Å². The van der Waals surface area contributed by atoms with Crippen LogP contribution in [0.2, 0.25) is 0 Å². The van der Waals surface area contributed by atoms with Crippen LogP contribution in [0.1, 0.15) is 6.42 Å². The zero-order valence-electron chi connectivity index (χ0n) is 11.4. The van der Waals surface area contributed by atoms with Crippen molar-refractivity contribution in [2.24, 2.45) is 0 Å². The van der Waals surface area contributed by atoms with E-state index < -0.39 is 16.0 Å². The molecule has 8 nitrogen and oxygen atoms in total. The van der Waals surface area contributed by atoms with E-state index in [0.717, 1.165) is 11.1 Å². The van der Waals surface area contributed by atoms with Crippen LogP contribution in [0, 0.1) is 0 Å². The van der Waals surface area contributed by atoms with E-state index in [2.05, 4.69) is 5.10 Å². The molecule has 0 radical (unpaired) electrons. The number of hydrogen-bond acceptors (Lipinski definition) is 5. The molecule has 0 aliphatic carbocycles. The van der Waals surface area contributed by atoms with E-state index in [4.69, 9.17) is 5.11 Å². The van der Waals surface area contributed by atoms with E-state index in [1.165, 1.54) is 16.7 Å². The predicted molar refractivity (Wildman–Crippen MR) is 70.7 cm³/mol. The number of aromatic nitrogens is 2. The van der Waals surface area contributed by atoms with Crippen LogP contribution < -0.4 is 0 Å². The second-order valence-corrected chi connectivity index (χ2v) is 6.97. The van der Waals surface area contributed by atoms with Gasteiger partial charge in [-0.2, -0.15) is 9.40 Å². The highest BCUT2D eigenvalue weighted by Gasteiger charge is 2.34. The van der Waals surface area contributed by atoms with E-state index in [9.17, 15) is 13.2 Å². The molecule has 112 valence electrons. The molecule has 1 saturated heterocycles. The molecule has 1 N–H and O–H groups in total. The lowest BCUT2D eigenvalue weighted by molar-refractivity contribution is -0.137. The topological polar surface area (TPSA) is 95.7 Å². The van der Waals surface area contributed by atoms with Gasteiger partial charge in [-0.3, -0.25) is 9.48 Å². The number of carboxylic acid groups (broad SMARTS) is 1. The first-order valence-electron chi connectivity index (χ1n) is 6.21. The normalized spacial score (nSPS) is 20.6. The van der Waals surface area contributed by atoms with Crippen molar-refractivity contribution in [1.82, 2.24) is 19.0 Å². The summed E-state index contributed by atoms with van der Waals surface area (Å²) in [5, 5.41) is 12.4. The lowest BCUT2D eigenvalue weighted by Crippen LogP contribution is -2.34. The molecule has 1 fully saturated rings. The number of hydrogen-bond donors (Lipinski definition) is 1. The van der Waals surface area contributed by atoms with E-state index in [1.807, 2.05) is 19.0 Å². The van der Waals surface area contributed by atoms with Crippen molar-refractivity contribution >= 4 is 16.0 Å². The fourth-order valence-corrected chi connectivity index (χ4v) is 3.65. The molecule has 0 spiro atoms. The summed E-state index contributed by atoms with van der Waals surface area (Å²) in [6.07, 6.45) is 3.24. The zero-order valence-corrected chi connectivity index (χ0v) is 12.2. The lowest BCUT2D eigenvalue weighted by Gasteiger charge is -2.19. The fourth-order valence-electron chi connectivity index (χ4n) is 2.20. The Morgan fingerprint density at radius 1 is 1.55 bits per heavy atom. The molecular weight excluding hydrogens is 284 g/mol. The molecule has 1 atom stereocenters. The van der Waals surface area contributed by atoms with Gasteiger partial charge in [-0.05, 0) is 20.5 Å². The Bertz CT molecular complexity index is 595. The number of nitrogens with zero attached hydrogens (tertiary/aromatic N) is 4. The second kappa shape index (κ2) is 5.51. The van der Waals surface area contributed by atoms with Crippen molar-refractivity contribution < 1.29 is 18.3 Å². The van der Waals surface area contributed by atoms with Crippen molar-refractivity contribution in [3.05, 3.63) is 12.4 Å². The molecule has 0 amide bonds. The standard InChI is InChI=1S/C11H18N4O4S/c1-13(2)9-3-4-15(6-9)20(18,19)10-5-12-14(7-10)8-11(16)17/h5,7,9H,3-4,6,8H2,1-2H3,(H,16,17). The summed E-state index contributed by atoms with van der Waals surface area (Å²) in [6, 6.07) is 0.207. The Hall–Kier alpha value is -1.45. The van der Waals surface area contributed by atoms with E-state index in [1.54, 1.807) is 0 Å². The largest absolute Gasteiger partial charge is 0.480 e. The summed E-state index contributed by atoms with van der Waals surface area (Å²) in [7, 11) is 0.255. The minimum atomic E-state index is -3.59. The molecule has 1 aliphatic heterocycles. The van der Waals surface area contributed by atoms with Crippen molar-refractivity contribution in [1.29, 1.82) is 0 Å². The molecule has 0 saturated carbocycles. The van der Waals surface area contributed by atoms with Crippen molar-refractivity contribution in [2.75, 3.05) is 27.2 Å². The first-order chi connectivity index (χ1) is 9.30. The van der Waals surface area contributed by atoms with Gasteiger partial charge in [-0.25, -0.2) is 8.42 Å². The van der Waals surface area contributed by atoms with Crippen LogP contribution in [0.4, 0.5) is 0 Å². The van der Waals surface area contributed by atoms with Gasteiger partial charge in [0.15, 0.2) is 0 Å². The average Bonchev–Trinajstić information content (AvgIpc) is 2.95. The number of carboxylic acids is 1. The van der Waals surface area contributed by atoms with Crippen LogP contribution in [0.3, 0.4) is 0 Å². The van der Waals surface area contributed by atoms with Gasteiger partial charge >= 0.3 is 5.97 Å². The third-order valence-electron chi connectivity index (χ3n) is 3.40. The van der Waals surface area contributed by atoms with E-state index in [0.29, 0.717) is 13.1 Å². The van der Waals surface area contributed by atoms with Gasteiger partial charge in [0.05, 0.1) is 6.20 Å². The molecule has 2 heterocycles. The Labute approximate surface area is 117 Å². The van der Waals surface area contributed by atoms with Gasteiger partial charge in [0.25, 0.3) is 0 Å². The molecule has 0 aromatic carbocycles. The molecule has 9 heteroatoms. The highest BCUT2D eigenvalue weighted by molar-refractivity contribution is 7.89. The molecule has 0 bridgehead atoms. The maximum atomic E-state index is 12.4. The molecule has 20 heavy (non-hydrogen) atoms. The molecule has 1 aromatic rings. The van der Waals surface area contributed by atoms with Crippen LogP contribution >= 0.6 is 0 Å². The first-order valence-corrected chi connectivity index (χ1v) is 7.65. The minimum absolute atomic E-state index is 0.0400. The zero-order chi connectivity index (χ0) is 14.9.